The second kappa shape index (κ2) is 5.50. The largest absolute Gasteiger partial charge is 0.469 e. The third-order valence-electron chi connectivity index (χ3n) is 4.95. The number of nitriles is 1. The van der Waals surface area contributed by atoms with Crippen LogP contribution in [0, 0.1) is 28.6 Å². The Labute approximate surface area is 125 Å². The number of fused-ring (bicyclic) bond motifs is 1. The first-order valence-electron chi connectivity index (χ1n) is 7.42. The summed E-state index contributed by atoms with van der Waals surface area (Å²) in [4.78, 5) is 14.1. The molecule has 0 N–H and O–H groups in total. The predicted octanol–water partition coefficient (Wildman–Crippen LogP) is 2.21. The summed E-state index contributed by atoms with van der Waals surface area (Å²) < 4.78 is 4.85. The molecule has 4 nitrogen and oxygen atoms in total. The number of carbonyl (C=O) groups excluding carboxylic acids is 1. The van der Waals surface area contributed by atoms with Gasteiger partial charge in [0.1, 0.15) is 0 Å². The molecule has 1 aliphatic heterocycles. The predicted molar refractivity (Wildman–Crippen MR) is 78.0 cm³/mol. The fourth-order valence-corrected chi connectivity index (χ4v) is 3.96. The Hall–Kier alpha value is -1.86. The van der Waals surface area contributed by atoms with E-state index in [1.165, 1.54) is 12.7 Å². The summed E-state index contributed by atoms with van der Waals surface area (Å²) in [5.74, 6) is 0.0301. The molecule has 2 aliphatic rings. The maximum absolute atomic E-state index is 11.7. The zero-order chi connectivity index (χ0) is 14.9. The van der Waals surface area contributed by atoms with E-state index >= 15 is 0 Å². The average molecular weight is 284 g/mol. The van der Waals surface area contributed by atoms with Crippen molar-refractivity contribution < 1.29 is 9.53 Å². The summed E-state index contributed by atoms with van der Waals surface area (Å²) in [6, 6.07) is 12.8. The molecule has 4 heteroatoms. The summed E-state index contributed by atoms with van der Waals surface area (Å²) in [6.07, 6.45) is 1.43. The van der Waals surface area contributed by atoms with Crippen LogP contribution in [-0.4, -0.2) is 31.1 Å². The van der Waals surface area contributed by atoms with Crippen LogP contribution in [0.2, 0.25) is 0 Å². The smallest absolute Gasteiger partial charge is 0.308 e. The third-order valence-corrected chi connectivity index (χ3v) is 4.95. The van der Waals surface area contributed by atoms with E-state index in [4.69, 9.17) is 4.74 Å². The van der Waals surface area contributed by atoms with Crippen LogP contribution in [0.5, 0.6) is 0 Å². The Morgan fingerprint density at radius 1 is 1.48 bits per heavy atom. The summed E-state index contributed by atoms with van der Waals surface area (Å²) in [5.41, 5.74) is 0.906. The fraction of sp³-hybridized carbons (Fsp3) is 0.529. The van der Waals surface area contributed by atoms with E-state index < -0.39 is 0 Å². The van der Waals surface area contributed by atoms with E-state index in [1.807, 2.05) is 18.2 Å². The first-order chi connectivity index (χ1) is 10.2. The molecule has 0 radical (unpaired) electrons. The van der Waals surface area contributed by atoms with E-state index in [1.54, 1.807) is 0 Å². The molecule has 1 unspecified atom stereocenters. The molecule has 1 aromatic rings. The molecule has 1 saturated carbocycles. The number of esters is 1. The fourth-order valence-electron chi connectivity index (χ4n) is 3.96. The number of nitrogens with zero attached hydrogens (tertiary/aromatic N) is 2. The molecule has 0 aromatic heterocycles. The standard InChI is InChI=1S/C17H20N2O2/c1-21-16(20)14-7-15-10-19(12-17(15,8-14)11-18)9-13-5-3-2-4-6-13/h2-6,14-15H,7-10,12H2,1H3/t14?,15-,17-/m0/s1. The van der Waals surface area contributed by atoms with Gasteiger partial charge in [0.25, 0.3) is 0 Å². The van der Waals surface area contributed by atoms with E-state index in [0.29, 0.717) is 6.42 Å². The Morgan fingerprint density at radius 3 is 2.86 bits per heavy atom. The lowest BCUT2D eigenvalue weighted by molar-refractivity contribution is -0.145. The SMILES string of the molecule is COC(=O)C1C[C@H]2CN(Cc3ccccc3)C[C@@]2(C#N)C1. The molecular weight excluding hydrogens is 264 g/mol. The normalized spacial score (nSPS) is 31.6. The highest BCUT2D eigenvalue weighted by atomic mass is 16.5. The molecule has 3 rings (SSSR count). The van der Waals surface area contributed by atoms with Crippen LogP contribution in [0.4, 0.5) is 0 Å². The quantitative estimate of drug-likeness (QED) is 0.799. The highest BCUT2D eigenvalue weighted by Gasteiger charge is 2.55. The molecule has 1 aromatic carbocycles. The number of methoxy groups -OCH3 is 1. The number of hydrogen-bond acceptors (Lipinski definition) is 4. The Balaban J connectivity index is 1.69. The zero-order valence-corrected chi connectivity index (χ0v) is 12.3. The molecular formula is C17H20N2O2. The molecule has 1 aliphatic carbocycles. The van der Waals surface area contributed by atoms with Gasteiger partial charge in [-0.05, 0) is 24.3 Å². The number of carbonyl (C=O) groups is 1. The van der Waals surface area contributed by atoms with Crippen LogP contribution in [0.15, 0.2) is 30.3 Å². The molecule has 110 valence electrons. The Kier molecular flexibility index (Phi) is 3.69. The lowest BCUT2D eigenvalue weighted by Crippen LogP contribution is -2.27. The van der Waals surface area contributed by atoms with Crippen molar-refractivity contribution in [1.29, 1.82) is 5.26 Å². The van der Waals surface area contributed by atoms with Gasteiger partial charge in [0, 0.05) is 19.6 Å². The molecule has 1 saturated heterocycles. The molecule has 0 spiro atoms. The number of likely N-dealkylation sites (tertiary alicyclic amines) is 1. The Morgan fingerprint density at radius 2 is 2.24 bits per heavy atom. The van der Waals surface area contributed by atoms with Gasteiger partial charge in [0.05, 0.1) is 24.5 Å². The van der Waals surface area contributed by atoms with E-state index in [9.17, 15) is 10.1 Å². The number of rotatable bonds is 3. The molecule has 3 atom stereocenters. The lowest BCUT2D eigenvalue weighted by atomic mass is 9.82. The molecule has 2 fully saturated rings. The zero-order valence-electron chi connectivity index (χ0n) is 12.3. The van der Waals surface area contributed by atoms with Gasteiger partial charge < -0.3 is 4.74 Å². The van der Waals surface area contributed by atoms with Gasteiger partial charge in [-0.25, -0.2) is 0 Å². The van der Waals surface area contributed by atoms with E-state index in [-0.39, 0.29) is 23.2 Å². The van der Waals surface area contributed by atoms with Crippen molar-refractivity contribution in [2.75, 3.05) is 20.2 Å². The lowest BCUT2D eigenvalue weighted by Gasteiger charge is -2.21. The molecule has 1 heterocycles. The van der Waals surface area contributed by atoms with Gasteiger partial charge in [-0.15, -0.1) is 0 Å². The van der Waals surface area contributed by atoms with Gasteiger partial charge in [0.2, 0.25) is 0 Å². The summed E-state index contributed by atoms with van der Waals surface area (Å²) in [7, 11) is 1.43. The van der Waals surface area contributed by atoms with Crippen LogP contribution in [0.3, 0.4) is 0 Å². The van der Waals surface area contributed by atoms with Crippen molar-refractivity contribution in [2.24, 2.45) is 17.3 Å². The van der Waals surface area contributed by atoms with Crippen LogP contribution in [0.1, 0.15) is 18.4 Å². The topological polar surface area (TPSA) is 53.3 Å². The minimum absolute atomic E-state index is 0.0986. The number of benzene rings is 1. The second-order valence-corrected chi connectivity index (χ2v) is 6.28. The maximum Gasteiger partial charge on any atom is 0.308 e. The minimum Gasteiger partial charge on any atom is -0.469 e. The van der Waals surface area contributed by atoms with E-state index in [2.05, 4.69) is 23.1 Å². The van der Waals surface area contributed by atoms with Gasteiger partial charge in [-0.1, -0.05) is 30.3 Å². The van der Waals surface area contributed by atoms with Crippen molar-refractivity contribution in [3.63, 3.8) is 0 Å². The highest BCUT2D eigenvalue weighted by Crippen LogP contribution is 2.51. The number of hydrogen-bond donors (Lipinski definition) is 0. The van der Waals surface area contributed by atoms with Gasteiger partial charge in [0.15, 0.2) is 0 Å². The minimum atomic E-state index is -0.367. The molecule has 0 bridgehead atoms. The molecule has 21 heavy (non-hydrogen) atoms. The first kappa shape index (κ1) is 14.1. The highest BCUT2D eigenvalue weighted by molar-refractivity contribution is 5.73. The summed E-state index contributed by atoms with van der Waals surface area (Å²) in [6.45, 7) is 2.54. The van der Waals surface area contributed by atoms with Crippen molar-refractivity contribution >= 4 is 5.97 Å². The molecule has 0 amide bonds. The summed E-state index contributed by atoms with van der Waals surface area (Å²) >= 11 is 0. The van der Waals surface area contributed by atoms with Crippen molar-refractivity contribution in [3.05, 3.63) is 35.9 Å². The maximum atomic E-state index is 11.7. The van der Waals surface area contributed by atoms with Crippen LogP contribution in [0.25, 0.3) is 0 Å². The van der Waals surface area contributed by atoms with Crippen molar-refractivity contribution in [2.45, 2.75) is 19.4 Å². The third kappa shape index (κ3) is 2.54. The van der Waals surface area contributed by atoms with Crippen LogP contribution in [-0.2, 0) is 16.1 Å². The van der Waals surface area contributed by atoms with Crippen LogP contribution < -0.4 is 0 Å². The van der Waals surface area contributed by atoms with Gasteiger partial charge in [-0.2, -0.15) is 5.26 Å². The number of ether oxygens (including phenoxy) is 1. The second-order valence-electron chi connectivity index (χ2n) is 6.28. The monoisotopic (exact) mass is 284 g/mol. The van der Waals surface area contributed by atoms with Crippen molar-refractivity contribution in [1.82, 2.24) is 4.90 Å². The van der Waals surface area contributed by atoms with Crippen LogP contribution >= 0.6 is 0 Å². The summed E-state index contributed by atoms with van der Waals surface area (Å²) in [5, 5.41) is 9.65. The Bertz CT molecular complexity index is 566. The van der Waals surface area contributed by atoms with E-state index in [0.717, 1.165) is 26.1 Å². The van der Waals surface area contributed by atoms with Crippen molar-refractivity contribution in [3.8, 4) is 6.07 Å². The first-order valence-corrected chi connectivity index (χ1v) is 7.42. The average Bonchev–Trinajstić information content (AvgIpc) is 3.01. The van der Waals surface area contributed by atoms with Gasteiger partial charge >= 0.3 is 5.97 Å². The van der Waals surface area contributed by atoms with Gasteiger partial charge in [-0.3, -0.25) is 9.69 Å².